The Labute approximate surface area is 150 Å². The van der Waals surface area contributed by atoms with Crippen LogP contribution in [-0.2, 0) is 27.0 Å². The highest BCUT2D eigenvalue weighted by atomic mass is 19.4. The molecule has 0 radical (unpaired) electrons. The second-order valence-electron chi connectivity index (χ2n) is 6.57. The summed E-state index contributed by atoms with van der Waals surface area (Å²) in [5.74, 6) is 0. The predicted octanol–water partition coefficient (Wildman–Crippen LogP) is 3.03. The number of hydrogen-bond acceptors (Lipinski definition) is 5. The van der Waals surface area contributed by atoms with Gasteiger partial charge >= 0.3 is 6.18 Å². The van der Waals surface area contributed by atoms with Gasteiger partial charge in [-0.15, -0.1) is 0 Å². The molecular formula is C18H23F3N2O3. The van der Waals surface area contributed by atoms with Crippen molar-refractivity contribution < 1.29 is 27.4 Å². The first kappa shape index (κ1) is 19.2. The first-order valence-corrected chi connectivity index (χ1v) is 8.47. The highest BCUT2D eigenvalue weighted by Gasteiger charge is 2.33. The predicted molar refractivity (Wildman–Crippen MR) is 88.8 cm³/mol. The molecule has 144 valence electrons. The third-order valence-electron chi connectivity index (χ3n) is 4.29. The SMILES string of the molecule is CN1C=C(C2OCCCO2)C(OCc2ccc(C(F)(F)F)cc2)N(C)C1. The zero-order valence-electron chi connectivity index (χ0n) is 14.8. The smallest absolute Gasteiger partial charge is 0.367 e. The first-order chi connectivity index (χ1) is 12.3. The second kappa shape index (κ2) is 7.96. The van der Waals surface area contributed by atoms with Crippen molar-refractivity contribution in [3.05, 3.63) is 47.2 Å². The normalized spacial score (nSPS) is 23.2. The van der Waals surface area contributed by atoms with E-state index in [1.54, 1.807) is 0 Å². The fraction of sp³-hybridized carbons (Fsp3) is 0.556. The van der Waals surface area contributed by atoms with E-state index >= 15 is 0 Å². The van der Waals surface area contributed by atoms with Gasteiger partial charge in [-0.2, -0.15) is 13.2 Å². The minimum atomic E-state index is -4.33. The standard InChI is InChI=1S/C18H23F3N2O3/c1-22-10-15(17-24-8-3-9-25-17)16(23(2)12-22)26-11-13-4-6-14(7-5-13)18(19,20)21/h4-7,10,16-17H,3,8-9,11-12H2,1-2H3. The molecule has 2 heterocycles. The second-order valence-corrected chi connectivity index (χ2v) is 6.57. The van der Waals surface area contributed by atoms with Gasteiger partial charge in [0.25, 0.3) is 0 Å². The molecule has 1 aromatic rings. The van der Waals surface area contributed by atoms with Crippen LogP contribution in [0.1, 0.15) is 17.5 Å². The zero-order chi connectivity index (χ0) is 18.7. The molecule has 1 unspecified atom stereocenters. The Morgan fingerprint density at radius 1 is 1.12 bits per heavy atom. The fourth-order valence-electron chi connectivity index (χ4n) is 3.09. The molecule has 2 aliphatic rings. The minimum Gasteiger partial charge on any atom is -0.367 e. The van der Waals surface area contributed by atoms with Crippen LogP contribution >= 0.6 is 0 Å². The van der Waals surface area contributed by atoms with Crippen LogP contribution in [-0.4, -0.2) is 56.3 Å². The van der Waals surface area contributed by atoms with Crippen LogP contribution in [0.25, 0.3) is 0 Å². The van der Waals surface area contributed by atoms with Crippen LogP contribution in [0, 0.1) is 0 Å². The summed E-state index contributed by atoms with van der Waals surface area (Å²) in [7, 11) is 3.87. The molecule has 0 saturated carbocycles. The molecular weight excluding hydrogens is 349 g/mol. The number of likely N-dealkylation sites (N-methyl/N-ethyl adjacent to an activating group) is 1. The molecule has 2 aliphatic heterocycles. The number of halogens is 3. The van der Waals surface area contributed by atoms with Crippen LogP contribution < -0.4 is 0 Å². The van der Waals surface area contributed by atoms with Crippen molar-refractivity contribution in [2.24, 2.45) is 0 Å². The highest BCUT2D eigenvalue weighted by molar-refractivity contribution is 5.24. The summed E-state index contributed by atoms with van der Waals surface area (Å²) in [5, 5.41) is 0. The van der Waals surface area contributed by atoms with Gasteiger partial charge in [-0.1, -0.05) is 12.1 Å². The molecule has 1 aromatic carbocycles. The monoisotopic (exact) mass is 372 g/mol. The van der Waals surface area contributed by atoms with Crippen LogP contribution in [0.5, 0.6) is 0 Å². The number of ether oxygens (including phenoxy) is 3. The maximum atomic E-state index is 12.7. The highest BCUT2D eigenvalue weighted by Crippen LogP contribution is 2.30. The molecule has 0 aromatic heterocycles. The Morgan fingerprint density at radius 2 is 1.77 bits per heavy atom. The van der Waals surface area contributed by atoms with Gasteiger partial charge in [-0.05, 0) is 31.2 Å². The van der Waals surface area contributed by atoms with E-state index in [1.807, 2.05) is 30.1 Å². The van der Waals surface area contributed by atoms with E-state index in [9.17, 15) is 13.2 Å². The van der Waals surface area contributed by atoms with Crippen LogP contribution in [0.2, 0.25) is 0 Å². The lowest BCUT2D eigenvalue weighted by atomic mass is 10.1. The summed E-state index contributed by atoms with van der Waals surface area (Å²) in [6.45, 7) is 2.11. The topological polar surface area (TPSA) is 34.2 Å². The van der Waals surface area contributed by atoms with Crippen LogP contribution in [0.15, 0.2) is 36.0 Å². The van der Waals surface area contributed by atoms with Crippen molar-refractivity contribution in [2.45, 2.75) is 31.7 Å². The summed E-state index contributed by atoms with van der Waals surface area (Å²) in [6.07, 6.45) is -2.36. The first-order valence-electron chi connectivity index (χ1n) is 8.47. The van der Waals surface area contributed by atoms with Gasteiger partial charge in [0.05, 0.1) is 32.1 Å². The molecule has 1 fully saturated rings. The van der Waals surface area contributed by atoms with Crippen molar-refractivity contribution in [1.82, 2.24) is 9.80 Å². The molecule has 5 nitrogen and oxygen atoms in total. The Hall–Kier alpha value is -1.61. The molecule has 1 atom stereocenters. The largest absolute Gasteiger partial charge is 0.416 e. The maximum absolute atomic E-state index is 12.7. The van der Waals surface area contributed by atoms with Crippen molar-refractivity contribution in [2.75, 3.05) is 34.0 Å². The lowest BCUT2D eigenvalue weighted by molar-refractivity contribution is -0.178. The van der Waals surface area contributed by atoms with E-state index in [1.165, 1.54) is 12.1 Å². The Kier molecular flexibility index (Phi) is 5.86. The summed E-state index contributed by atoms with van der Waals surface area (Å²) >= 11 is 0. The van der Waals surface area contributed by atoms with E-state index < -0.39 is 18.0 Å². The molecule has 8 heteroatoms. The summed E-state index contributed by atoms with van der Waals surface area (Å²) in [4.78, 5) is 4.01. The molecule has 0 amide bonds. The Morgan fingerprint density at radius 3 is 2.38 bits per heavy atom. The average molecular weight is 372 g/mol. The number of rotatable bonds is 4. The Balaban J connectivity index is 1.69. The minimum absolute atomic E-state index is 0.195. The maximum Gasteiger partial charge on any atom is 0.416 e. The lowest BCUT2D eigenvalue weighted by Gasteiger charge is -2.40. The van der Waals surface area contributed by atoms with Gasteiger partial charge in [0.15, 0.2) is 6.29 Å². The van der Waals surface area contributed by atoms with E-state index in [0.717, 1.165) is 24.1 Å². The molecule has 0 aliphatic carbocycles. The third-order valence-corrected chi connectivity index (χ3v) is 4.29. The fourth-order valence-corrected chi connectivity index (χ4v) is 3.09. The van der Waals surface area contributed by atoms with Gasteiger partial charge in [0, 0.05) is 18.8 Å². The molecule has 0 N–H and O–H groups in total. The summed E-state index contributed by atoms with van der Waals surface area (Å²) in [5.41, 5.74) is 0.866. The van der Waals surface area contributed by atoms with Crippen molar-refractivity contribution >= 4 is 0 Å². The number of hydrogen-bond donors (Lipinski definition) is 0. The van der Waals surface area contributed by atoms with Gasteiger partial charge in [0.1, 0.15) is 6.23 Å². The number of alkyl halides is 3. The third kappa shape index (κ3) is 4.56. The molecule has 0 spiro atoms. The van der Waals surface area contributed by atoms with E-state index in [4.69, 9.17) is 14.2 Å². The Bertz CT molecular complexity index is 628. The molecule has 0 bridgehead atoms. The van der Waals surface area contributed by atoms with Crippen molar-refractivity contribution in [3.8, 4) is 0 Å². The molecule has 3 rings (SSSR count). The summed E-state index contributed by atoms with van der Waals surface area (Å²) in [6, 6.07) is 5.02. The average Bonchev–Trinajstić information content (AvgIpc) is 2.61. The van der Waals surface area contributed by atoms with E-state index in [0.29, 0.717) is 25.4 Å². The molecule has 26 heavy (non-hydrogen) atoms. The van der Waals surface area contributed by atoms with Crippen molar-refractivity contribution in [1.29, 1.82) is 0 Å². The van der Waals surface area contributed by atoms with Gasteiger partial charge in [-0.25, -0.2) is 0 Å². The quantitative estimate of drug-likeness (QED) is 0.812. The molecule has 1 saturated heterocycles. The van der Waals surface area contributed by atoms with Gasteiger partial charge in [-0.3, -0.25) is 4.90 Å². The lowest BCUT2D eigenvalue weighted by Crippen LogP contribution is -2.49. The number of benzene rings is 1. The van der Waals surface area contributed by atoms with Gasteiger partial charge < -0.3 is 19.1 Å². The van der Waals surface area contributed by atoms with E-state index in [-0.39, 0.29) is 12.8 Å². The van der Waals surface area contributed by atoms with Crippen molar-refractivity contribution in [3.63, 3.8) is 0 Å². The summed E-state index contributed by atoms with van der Waals surface area (Å²) < 4.78 is 55.4. The zero-order valence-corrected chi connectivity index (χ0v) is 14.8. The van der Waals surface area contributed by atoms with Crippen LogP contribution in [0.3, 0.4) is 0 Å². The number of nitrogens with zero attached hydrogens (tertiary/aromatic N) is 2. The van der Waals surface area contributed by atoms with E-state index in [2.05, 4.69) is 0 Å². The van der Waals surface area contributed by atoms with Crippen LogP contribution in [0.4, 0.5) is 13.2 Å². The van der Waals surface area contributed by atoms with Gasteiger partial charge in [0.2, 0.25) is 0 Å².